The molecule has 126 valence electrons. The first-order valence-electron chi connectivity index (χ1n) is 8.30. The van der Waals surface area contributed by atoms with E-state index in [-0.39, 0.29) is 0 Å². The highest BCUT2D eigenvalue weighted by Crippen LogP contribution is 2.31. The number of fused-ring (bicyclic) bond motifs is 1. The molecule has 3 aromatic rings. The van der Waals surface area contributed by atoms with E-state index in [0.717, 1.165) is 47.3 Å². The summed E-state index contributed by atoms with van der Waals surface area (Å²) in [7, 11) is 6.28. The summed E-state index contributed by atoms with van der Waals surface area (Å²) in [5.41, 5.74) is 2.31. The van der Waals surface area contributed by atoms with Crippen LogP contribution in [0.4, 0.5) is 5.69 Å². The lowest BCUT2D eigenvalue weighted by molar-refractivity contribution is 0.250. The van der Waals surface area contributed by atoms with Crippen molar-refractivity contribution in [2.75, 3.05) is 39.1 Å². The molecule has 4 rings (SSSR count). The van der Waals surface area contributed by atoms with Gasteiger partial charge in [0, 0.05) is 31.3 Å². The highest BCUT2D eigenvalue weighted by Gasteiger charge is 2.24. The van der Waals surface area contributed by atoms with Crippen molar-refractivity contribution >= 4 is 22.0 Å². The Hall–Kier alpha value is -1.99. The standard InChI is InChI=1S/C17H22N6S/c1-21(2)14-6-4-5-13(11-14)16-20-23-15(18-19-17(23)24-16)12-7-9-22(3)10-8-12/h4-6,11-12H,7-10H2,1-3H3. The number of nitrogens with zero attached hydrogens (tertiary/aromatic N) is 6. The maximum Gasteiger partial charge on any atom is 0.234 e. The molecule has 24 heavy (non-hydrogen) atoms. The summed E-state index contributed by atoms with van der Waals surface area (Å²) in [5.74, 6) is 1.48. The Kier molecular flexibility index (Phi) is 3.97. The molecular formula is C17H22N6S. The molecule has 1 saturated heterocycles. The first-order valence-corrected chi connectivity index (χ1v) is 9.12. The van der Waals surface area contributed by atoms with Gasteiger partial charge in [-0.15, -0.1) is 10.2 Å². The van der Waals surface area contributed by atoms with Gasteiger partial charge >= 0.3 is 0 Å². The zero-order chi connectivity index (χ0) is 16.7. The van der Waals surface area contributed by atoms with Crippen molar-refractivity contribution in [2.45, 2.75) is 18.8 Å². The summed E-state index contributed by atoms with van der Waals surface area (Å²) in [5, 5.41) is 14.6. The predicted molar refractivity (Wildman–Crippen MR) is 97.9 cm³/mol. The second-order valence-corrected chi connectivity index (χ2v) is 7.64. The molecule has 0 unspecified atom stereocenters. The average molecular weight is 342 g/mol. The number of piperidine rings is 1. The van der Waals surface area contributed by atoms with Crippen molar-refractivity contribution in [3.8, 4) is 10.6 Å². The molecule has 2 aromatic heterocycles. The van der Waals surface area contributed by atoms with Gasteiger partial charge in [-0.2, -0.15) is 9.61 Å². The zero-order valence-corrected chi connectivity index (χ0v) is 15.1. The van der Waals surface area contributed by atoms with Crippen LogP contribution in [0.25, 0.3) is 15.5 Å². The van der Waals surface area contributed by atoms with E-state index >= 15 is 0 Å². The van der Waals surface area contributed by atoms with E-state index in [0.29, 0.717) is 5.92 Å². The number of hydrogen-bond donors (Lipinski definition) is 0. The third kappa shape index (κ3) is 2.78. The fourth-order valence-corrected chi connectivity index (χ4v) is 4.03. The molecular weight excluding hydrogens is 320 g/mol. The van der Waals surface area contributed by atoms with Crippen LogP contribution in [0.3, 0.4) is 0 Å². The maximum atomic E-state index is 4.82. The van der Waals surface area contributed by atoms with Gasteiger partial charge in [0.05, 0.1) is 0 Å². The van der Waals surface area contributed by atoms with Crippen LogP contribution in [-0.2, 0) is 0 Å². The van der Waals surface area contributed by atoms with Crippen molar-refractivity contribution in [3.05, 3.63) is 30.1 Å². The van der Waals surface area contributed by atoms with Crippen LogP contribution in [0.2, 0.25) is 0 Å². The Balaban J connectivity index is 1.68. The van der Waals surface area contributed by atoms with Crippen molar-refractivity contribution in [1.82, 2.24) is 24.7 Å². The minimum Gasteiger partial charge on any atom is -0.378 e. The maximum absolute atomic E-state index is 4.82. The average Bonchev–Trinajstić information content (AvgIpc) is 3.16. The Morgan fingerprint density at radius 1 is 1.17 bits per heavy atom. The minimum absolute atomic E-state index is 0.458. The SMILES string of the molecule is CN1CCC(c2nnc3sc(-c4cccc(N(C)C)c4)nn23)CC1. The van der Waals surface area contributed by atoms with Crippen LogP contribution in [-0.4, -0.2) is 58.9 Å². The minimum atomic E-state index is 0.458. The fourth-order valence-electron chi connectivity index (χ4n) is 3.19. The molecule has 0 radical (unpaired) electrons. The normalized spacial score (nSPS) is 16.8. The number of anilines is 1. The third-order valence-corrected chi connectivity index (χ3v) is 5.66. The molecule has 0 amide bonds. The van der Waals surface area contributed by atoms with Gasteiger partial charge in [0.25, 0.3) is 0 Å². The lowest BCUT2D eigenvalue weighted by Gasteiger charge is -2.27. The van der Waals surface area contributed by atoms with Gasteiger partial charge < -0.3 is 9.80 Å². The number of benzene rings is 1. The summed E-state index contributed by atoms with van der Waals surface area (Å²) in [6, 6.07) is 8.45. The summed E-state index contributed by atoms with van der Waals surface area (Å²) in [6.45, 7) is 2.23. The second kappa shape index (κ2) is 6.14. The second-order valence-electron chi connectivity index (χ2n) is 6.68. The summed E-state index contributed by atoms with van der Waals surface area (Å²) in [6.07, 6.45) is 2.25. The summed E-state index contributed by atoms with van der Waals surface area (Å²) >= 11 is 1.61. The Labute approximate surface area is 145 Å². The van der Waals surface area contributed by atoms with Crippen LogP contribution in [0.5, 0.6) is 0 Å². The molecule has 0 atom stereocenters. The van der Waals surface area contributed by atoms with Gasteiger partial charge in [-0.3, -0.25) is 0 Å². The number of aromatic nitrogens is 4. The van der Waals surface area contributed by atoms with Crippen LogP contribution < -0.4 is 4.90 Å². The van der Waals surface area contributed by atoms with E-state index < -0.39 is 0 Å². The molecule has 0 N–H and O–H groups in total. The van der Waals surface area contributed by atoms with Gasteiger partial charge in [-0.05, 0) is 45.1 Å². The third-order valence-electron chi connectivity index (χ3n) is 4.71. The van der Waals surface area contributed by atoms with Crippen molar-refractivity contribution in [1.29, 1.82) is 0 Å². The smallest absolute Gasteiger partial charge is 0.234 e. The zero-order valence-electron chi connectivity index (χ0n) is 14.3. The molecule has 7 heteroatoms. The monoisotopic (exact) mass is 342 g/mol. The number of likely N-dealkylation sites (tertiary alicyclic amines) is 1. The van der Waals surface area contributed by atoms with E-state index in [1.807, 2.05) is 4.52 Å². The summed E-state index contributed by atoms with van der Waals surface area (Å²) < 4.78 is 1.96. The van der Waals surface area contributed by atoms with Gasteiger partial charge in [0.2, 0.25) is 4.96 Å². The number of hydrogen-bond acceptors (Lipinski definition) is 6. The molecule has 0 aliphatic carbocycles. The molecule has 1 aromatic carbocycles. The van der Waals surface area contributed by atoms with E-state index in [1.54, 1.807) is 11.3 Å². The van der Waals surface area contributed by atoms with Crippen LogP contribution >= 0.6 is 11.3 Å². The van der Waals surface area contributed by atoms with Crippen LogP contribution in [0, 0.1) is 0 Å². The fraction of sp³-hybridized carbons (Fsp3) is 0.471. The first kappa shape index (κ1) is 15.5. The van der Waals surface area contributed by atoms with Crippen molar-refractivity contribution in [3.63, 3.8) is 0 Å². The van der Waals surface area contributed by atoms with Crippen molar-refractivity contribution in [2.24, 2.45) is 0 Å². The van der Waals surface area contributed by atoms with Crippen LogP contribution in [0.1, 0.15) is 24.6 Å². The van der Waals surface area contributed by atoms with Crippen LogP contribution in [0.15, 0.2) is 24.3 Å². The molecule has 1 aliphatic heterocycles. The van der Waals surface area contributed by atoms with Gasteiger partial charge in [-0.1, -0.05) is 23.5 Å². The Morgan fingerprint density at radius 2 is 1.96 bits per heavy atom. The lowest BCUT2D eigenvalue weighted by atomic mass is 9.96. The molecule has 0 spiro atoms. The topological polar surface area (TPSA) is 49.6 Å². The van der Waals surface area contributed by atoms with Gasteiger partial charge in [0.1, 0.15) is 5.01 Å². The lowest BCUT2D eigenvalue weighted by Crippen LogP contribution is -2.30. The summed E-state index contributed by atoms with van der Waals surface area (Å²) in [4.78, 5) is 5.36. The molecule has 0 saturated carbocycles. The van der Waals surface area contributed by atoms with Gasteiger partial charge in [-0.25, -0.2) is 0 Å². The first-order chi connectivity index (χ1) is 11.6. The number of rotatable bonds is 3. The van der Waals surface area contributed by atoms with E-state index in [4.69, 9.17) is 5.10 Å². The highest BCUT2D eigenvalue weighted by molar-refractivity contribution is 7.19. The predicted octanol–water partition coefficient (Wildman–Crippen LogP) is 2.73. The molecule has 3 heterocycles. The molecule has 1 fully saturated rings. The van der Waals surface area contributed by atoms with E-state index in [9.17, 15) is 0 Å². The Bertz CT molecular complexity index is 844. The molecule has 6 nitrogen and oxygen atoms in total. The van der Waals surface area contributed by atoms with E-state index in [2.05, 4.69) is 65.4 Å². The van der Waals surface area contributed by atoms with Crippen molar-refractivity contribution < 1.29 is 0 Å². The molecule has 1 aliphatic rings. The highest BCUT2D eigenvalue weighted by atomic mass is 32.1. The molecule has 0 bridgehead atoms. The van der Waals surface area contributed by atoms with Gasteiger partial charge in [0.15, 0.2) is 5.82 Å². The Morgan fingerprint density at radius 3 is 2.71 bits per heavy atom. The van der Waals surface area contributed by atoms with E-state index in [1.165, 1.54) is 5.69 Å². The quantitative estimate of drug-likeness (QED) is 0.732. The largest absolute Gasteiger partial charge is 0.378 e.